The average Bonchev–Trinajstić information content (AvgIpc) is 3.00. The Morgan fingerprint density at radius 2 is 2.00 bits per heavy atom. The molecular weight excluding hydrogens is 214 g/mol. The van der Waals surface area contributed by atoms with Crippen LogP contribution in [0.25, 0.3) is 0 Å². The molecule has 1 aliphatic carbocycles. The van der Waals surface area contributed by atoms with Gasteiger partial charge in [0, 0.05) is 0 Å². The highest BCUT2D eigenvalue weighted by molar-refractivity contribution is 5.38. The van der Waals surface area contributed by atoms with Gasteiger partial charge < -0.3 is 10.3 Å². The molecule has 2 N–H and O–H groups in total. The summed E-state index contributed by atoms with van der Waals surface area (Å²) in [6.45, 7) is 1.85. The largest absolute Gasteiger partial charge is 0.338 e. The van der Waals surface area contributed by atoms with Gasteiger partial charge in [-0.1, -0.05) is 35.5 Å². The van der Waals surface area contributed by atoms with E-state index < -0.39 is 0 Å². The number of benzene rings is 1. The fourth-order valence-corrected chi connectivity index (χ4v) is 2.14. The first-order valence-corrected chi connectivity index (χ1v) is 5.87. The molecule has 1 heterocycles. The molecule has 0 aliphatic heterocycles. The smallest absolute Gasteiger partial charge is 0.243 e. The van der Waals surface area contributed by atoms with E-state index in [9.17, 15) is 0 Å². The zero-order chi connectivity index (χ0) is 11.9. The van der Waals surface area contributed by atoms with Crippen molar-refractivity contribution in [3.05, 3.63) is 47.6 Å². The zero-order valence-corrected chi connectivity index (χ0v) is 9.76. The van der Waals surface area contributed by atoms with Crippen LogP contribution in [0.1, 0.15) is 43.1 Å². The topological polar surface area (TPSA) is 64.9 Å². The molecule has 1 aromatic carbocycles. The molecule has 0 saturated heterocycles. The second kappa shape index (κ2) is 3.67. The van der Waals surface area contributed by atoms with Crippen LogP contribution in [0.15, 0.2) is 34.9 Å². The van der Waals surface area contributed by atoms with Crippen molar-refractivity contribution in [2.24, 2.45) is 5.73 Å². The number of aromatic nitrogens is 2. The molecule has 1 atom stereocenters. The van der Waals surface area contributed by atoms with Gasteiger partial charge in [0.05, 0.1) is 11.5 Å². The molecule has 0 spiro atoms. The van der Waals surface area contributed by atoms with Gasteiger partial charge >= 0.3 is 0 Å². The van der Waals surface area contributed by atoms with E-state index in [2.05, 4.69) is 22.3 Å². The SMILES string of the molecule is C[C@H](N)c1nc(C2(c3ccccc3)CC2)no1. The minimum Gasteiger partial charge on any atom is -0.338 e. The van der Waals surface area contributed by atoms with E-state index in [0.717, 1.165) is 18.7 Å². The lowest BCUT2D eigenvalue weighted by molar-refractivity contribution is 0.355. The molecule has 0 amide bonds. The zero-order valence-electron chi connectivity index (χ0n) is 9.76. The Labute approximate surface area is 99.8 Å². The highest BCUT2D eigenvalue weighted by Gasteiger charge is 2.49. The van der Waals surface area contributed by atoms with Crippen LogP contribution < -0.4 is 5.73 Å². The number of hydrogen-bond acceptors (Lipinski definition) is 4. The summed E-state index contributed by atoms with van der Waals surface area (Å²) in [7, 11) is 0. The predicted octanol–water partition coefficient (Wildman–Crippen LogP) is 2.17. The van der Waals surface area contributed by atoms with Gasteiger partial charge in [-0.15, -0.1) is 0 Å². The molecule has 0 bridgehead atoms. The Morgan fingerprint density at radius 3 is 2.53 bits per heavy atom. The van der Waals surface area contributed by atoms with E-state index >= 15 is 0 Å². The Bertz CT molecular complexity index is 514. The molecule has 17 heavy (non-hydrogen) atoms. The van der Waals surface area contributed by atoms with Gasteiger partial charge in [-0.25, -0.2) is 0 Å². The van der Waals surface area contributed by atoms with Gasteiger partial charge in [-0.2, -0.15) is 4.98 Å². The van der Waals surface area contributed by atoms with Crippen LogP contribution in [-0.2, 0) is 5.41 Å². The van der Waals surface area contributed by atoms with E-state index in [1.807, 2.05) is 25.1 Å². The third kappa shape index (κ3) is 1.65. The molecule has 1 fully saturated rings. The molecule has 88 valence electrons. The summed E-state index contributed by atoms with van der Waals surface area (Å²) < 4.78 is 5.19. The van der Waals surface area contributed by atoms with Crippen molar-refractivity contribution in [2.75, 3.05) is 0 Å². The maximum atomic E-state index is 5.73. The average molecular weight is 229 g/mol. The van der Waals surface area contributed by atoms with E-state index in [1.54, 1.807) is 0 Å². The van der Waals surface area contributed by atoms with Crippen molar-refractivity contribution in [1.29, 1.82) is 0 Å². The lowest BCUT2D eigenvalue weighted by Crippen LogP contribution is -2.11. The first-order valence-electron chi connectivity index (χ1n) is 5.87. The fraction of sp³-hybridized carbons (Fsp3) is 0.385. The van der Waals surface area contributed by atoms with Crippen LogP contribution in [0.4, 0.5) is 0 Å². The van der Waals surface area contributed by atoms with Crippen molar-refractivity contribution in [3.63, 3.8) is 0 Å². The summed E-state index contributed by atoms with van der Waals surface area (Å²) in [6, 6.07) is 10.1. The minimum absolute atomic E-state index is 0.0299. The molecule has 4 heteroatoms. The molecule has 1 aliphatic rings. The predicted molar refractivity (Wildman–Crippen MR) is 63.4 cm³/mol. The Morgan fingerprint density at radius 1 is 1.29 bits per heavy atom. The monoisotopic (exact) mass is 229 g/mol. The van der Waals surface area contributed by atoms with Gasteiger partial charge in [-0.05, 0) is 25.3 Å². The summed E-state index contributed by atoms with van der Waals surface area (Å²) >= 11 is 0. The van der Waals surface area contributed by atoms with Gasteiger partial charge in [0.15, 0.2) is 5.82 Å². The Hall–Kier alpha value is -1.68. The van der Waals surface area contributed by atoms with E-state index in [-0.39, 0.29) is 11.5 Å². The van der Waals surface area contributed by atoms with Crippen LogP contribution in [-0.4, -0.2) is 10.1 Å². The maximum absolute atomic E-state index is 5.73. The summed E-state index contributed by atoms with van der Waals surface area (Å²) in [5.74, 6) is 1.29. The van der Waals surface area contributed by atoms with E-state index in [0.29, 0.717) is 5.89 Å². The van der Waals surface area contributed by atoms with Crippen molar-refractivity contribution in [1.82, 2.24) is 10.1 Å². The number of nitrogens with two attached hydrogens (primary N) is 1. The van der Waals surface area contributed by atoms with Crippen molar-refractivity contribution < 1.29 is 4.52 Å². The quantitative estimate of drug-likeness (QED) is 0.876. The van der Waals surface area contributed by atoms with Gasteiger partial charge in [-0.3, -0.25) is 0 Å². The second-order valence-electron chi connectivity index (χ2n) is 4.69. The van der Waals surface area contributed by atoms with Crippen LogP contribution in [0.3, 0.4) is 0 Å². The summed E-state index contributed by atoms with van der Waals surface area (Å²) in [4.78, 5) is 4.42. The summed E-state index contributed by atoms with van der Waals surface area (Å²) in [5, 5.41) is 4.08. The molecule has 1 saturated carbocycles. The summed E-state index contributed by atoms with van der Waals surface area (Å²) in [5.41, 5.74) is 6.96. The molecule has 0 unspecified atom stereocenters. The van der Waals surface area contributed by atoms with Crippen LogP contribution in [0, 0.1) is 0 Å². The third-order valence-corrected chi connectivity index (χ3v) is 3.34. The fourth-order valence-electron chi connectivity index (χ4n) is 2.14. The second-order valence-corrected chi connectivity index (χ2v) is 4.69. The Balaban J connectivity index is 1.98. The van der Waals surface area contributed by atoms with Gasteiger partial charge in [0.25, 0.3) is 0 Å². The molecule has 2 aromatic rings. The normalized spacial score (nSPS) is 18.9. The first kappa shape index (κ1) is 10.5. The highest BCUT2D eigenvalue weighted by Crippen LogP contribution is 2.52. The van der Waals surface area contributed by atoms with Crippen molar-refractivity contribution in [3.8, 4) is 0 Å². The van der Waals surface area contributed by atoms with Crippen molar-refractivity contribution >= 4 is 0 Å². The lowest BCUT2D eigenvalue weighted by Gasteiger charge is -2.10. The number of rotatable bonds is 3. The van der Waals surface area contributed by atoms with E-state index in [1.165, 1.54) is 5.56 Å². The first-order chi connectivity index (χ1) is 8.22. The molecular formula is C13H15N3O. The van der Waals surface area contributed by atoms with Gasteiger partial charge in [0.2, 0.25) is 5.89 Å². The molecule has 0 radical (unpaired) electrons. The maximum Gasteiger partial charge on any atom is 0.243 e. The minimum atomic E-state index is -0.206. The van der Waals surface area contributed by atoms with E-state index in [4.69, 9.17) is 10.3 Å². The number of hydrogen-bond donors (Lipinski definition) is 1. The molecule has 1 aromatic heterocycles. The van der Waals surface area contributed by atoms with Crippen LogP contribution >= 0.6 is 0 Å². The third-order valence-electron chi connectivity index (χ3n) is 3.34. The van der Waals surface area contributed by atoms with Crippen molar-refractivity contribution in [2.45, 2.75) is 31.2 Å². The molecule has 4 nitrogen and oxygen atoms in total. The van der Waals surface area contributed by atoms with Crippen LogP contribution in [0.5, 0.6) is 0 Å². The lowest BCUT2D eigenvalue weighted by atomic mass is 9.95. The van der Waals surface area contributed by atoms with Gasteiger partial charge in [0.1, 0.15) is 0 Å². The van der Waals surface area contributed by atoms with Crippen LogP contribution in [0.2, 0.25) is 0 Å². The standard InChI is InChI=1S/C13H15N3O/c1-9(14)11-15-12(16-17-11)13(7-8-13)10-5-3-2-4-6-10/h2-6,9H,7-8,14H2,1H3/t9-/m0/s1. The number of nitrogens with zero attached hydrogens (tertiary/aromatic N) is 2. The Kier molecular flexibility index (Phi) is 2.26. The summed E-state index contributed by atoms with van der Waals surface area (Å²) in [6.07, 6.45) is 2.16. The molecule has 3 rings (SSSR count). The highest BCUT2D eigenvalue weighted by atomic mass is 16.5.